The van der Waals surface area contributed by atoms with Crippen LogP contribution in [0.25, 0.3) is 0 Å². The monoisotopic (exact) mass is 428 g/mol. The first-order chi connectivity index (χ1) is 14.5. The van der Waals surface area contributed by atoms with Crippen molar-refractivity contribution in [3.63, 3.8) is 0 Å². The number of carbonyl (C=O) groups excluding carboxylic acids is 1. The van der Waals surface area contributed by atoms with Gasteiger partial charge in [0.15, 0.2) is 0 Å². The van der Waals surface area contributed by atoms with E-state index >= 15 is 0 Å². The Morgan fingerprint density at radius 3 is 2.40 bits per heavy atom. The maximum absolute atomic E-state index is 13.8. The fourth-order valence-corrected chi connectivity index (χ4v) is 4.77. The number of anilines is 1. The topological polar surface area (TPSA) is 32.8 Å². The number of carbonyl (C=O) groups is 1. The number of nitrogens with zero attached hydrogens (tertiary/aromatic N) is 2. The van der Waals surface area contributed by atoms with E-state index < -0.39 is 0 Å². The summed E-state index contributed by atoms with van der Waals surface area (Å²) >= 11 is 6.67. The van der Waals surface area contributed by atoms with E-state index in [1.54, 1.807) is 7.11 Å². The number of hydrogen-bond donors (Lipinski definition) is 0. The zero-order chi connectivity index (χ0) is 21.7. The second-order valence-electron chi connectivity index (χ2n) is 7.85. The van der Waals surface area contributed by atoms with Crippen molar-refractivity contribution in [2.75, 3.05) is 38.2 Å². The Morgan fingerprint density at radius 1 is 1.10 bits per heavy atom. The Morgan fingerprint density at radius 2 is 1.80 bits per heavy atom. The highest BCUT2D eigenvalue weighted by atomic mass is 35.5. The Balaban J connectivity index is 2.02. The van der Waals surface area contributed by atoms with Gasteiger partial charge in [-0.3, -0.25) is 4.79 Å². The summed E-state index contributed by atoms with van der Waals surface area (Å²) in [5.41, 5.74) is 3.20. The number of amides is 1. The number of halogens is 1. The maximum Gasteiger partial charge on any atom is 0.230 e. The van der Waals surface area contributed by atoms with Gasteiger partial charge in [0.05, 0.1) is 7.11 Å². The molecule has 0 saturated heterocycles. The van der Waals surface area contributed by atoms with E-state index in [0.717, 1.165) is 60.1 Å². The van der Waals surface area contributed by atoms with Gasteiger partial charge in [0.25, 0.3) is 0 Å². The van der Waals surface area contributed by atoms with Crippen molar-refractivity contribution in [2.45, 2.75) is 39.5 Å². The molecule has 0 aliphatic carbocycles. The molecular formula is C25H33ClN2O2. The molecular weight excluding hydrogens is 396 g/mol. The van der Waals surface area contributed by atoms with Crippen LogP contribution < -0.4 is 9.64 Å². The average Bonchev–Trinajstić information content (AvgIpc) is 2.89. The van der Waals surface area contributed by atoms with Crippen molar-refractivity contribution in [1.29, 1.82) is 0 Å². The van der Waals surface area contributed by atoms with Crippen LogP contribution in [0.3, 0.4) is 0 Å². The zero-order valence-corrected chi connectivity index (χ0v) is 19.3. The molecule has 2 atom stereocenters. The molecule has 2 aromatic carbocycles. The van der Waals surface area contributed by atoms with Gasteiger partial charge in [-0.05, 0) is 67.2 Å². The van der Waals surface area contributed by atoms with Crippen molar-refractivity contribution in [2.24, 2.45) is 5.92 Å². The van der Waals surface area contributed by atoms with Gasteiger partial charge in [0.2, 0.25) is 5.91 Å². The molecule has 0 N–H and O–H groups in total. The maximum atomic E-state index is 13.8. The van der Waals surface area contributed by atoms with E-state index in [1.165, 1.54) is 0 Å². The number of methoxy groups -OCH3 is 1. The van der Waals surface area contributed by atoms with Crippen LogP contribution >= 0.6 is 11.6 Å². The summed E-state index contributed by atoms with van der Waals surface area (Å²) in [5, 5.41) is 0.739. The lowest BCUT2D eigenvalue weighted by Gasteiger charge is -2.30. The minimum atomic E-state index is -0.0847. The lowest BCUT2D eigenvalue weighted by atomic mass is 9.80. The first-order valence-electron chi connectivity index (χ1n) is 11.0. The molecule has 5 heteroatoms. The molecule has 0 bridgehead atoms. The molecule has 0 aromatic heterocycles. The van der Waals surface area contributed by atoms with Gasteiger partial charge in [0.1, 0.15) is 5.75 Å². The third-order valence-electron chi connectivity index (χ3n) is 6.40. The van der Waals surface area contributed by atoms with Crippen LogP contribution in [0.2, 0.25) is 5.02 Å². The van der Waals surface area contributed by atoms with Crippen molar-refractivity contribution in [3.8, 4) is 5.75 Å². The summed E-state index contributed by atoms with van der Waals surface area (Å²) in [7, 11) is 1.67. The first kappa shape index (κ1) is 22.6. The molecule has 1 heterocycles. The third-order valence-corrected chi connectivity index (χ3v) is 6.75. The molecule has 0 fully saturated rings. The molecule has 0 saturated carbocycles. The number of benzene rings is 2. The van der Waals surface area contributed by atoms with E-state index in [9.17, 15) is 4.79 Å². The number of ether oxygens (including phenoxy) is 1. The molecule has 162 valence electrons. The zero-order valence-electron chi connectivity index (χ0n) is 18.5. The van der Waals surface area contributed by atoms with Crippen LogP contribution in [0, 0.1) is 5.92 Å². The highest BCUT2D eigenvalue weighted by Crippen LogP contribution is 2.42. The lowest BCUT2D eigenvalue weighted by molar-refractivity contribution is -0.123. The summed E-state index contributed by atoms with van der Waals surface area (Å²) in [6.07, 6.45) is 1.55. The first-order valence-corrected chi connectivity index (χ1v) is 11.4. The Bertz CT molecular complexity index is 849. The predicted molar refractivity (Wildman–Crippen MR) is 125 cm³/mol. The summed E-state index contributed by atoms with van der Waals surface area (Å²) in [6.45, 7) is 9.92. The summed E-state index contributed by atoms with van der Waals surface area (Å²) < 4.78 is 5.32. The second-order valence-corrected chi connectivity index (χ2v) is 8.26. The molecule has 1 aliphatic heterocycles. The Labute approximate surface area is 185 Å². The molecule has 30 heavy (non-hydrogen) atoms. The summed E-state index contributed by atoms with van der Waals surface area (Å²) in [4.78, 5) is 18.1. The van der Waals surface area contributed by atoms with Crippen molar-refractivity contribution >= 4 is 23.2 Å². The second kappa shape index (κ2) is 10.3. The molecule has 4 nitrogen and oxygen atoms in total. The van der Waals surface area contributed by atoms with Crippen molar-refractivity contribution in [1.82, 2.24) is 4.90 Å². The summed E-state index contributed by atoms with van der Waals surface area (Å²) in [6, 6.07) is 14.1. The van der Waals surface area contributed by atoms with Crippen molar-refractivity contribution in [3.05, 3.63) is 58.6 Å². The van der Waals surface area contributed by atoms with E-state index in [-0.39, 0.29) is 17.7 Å². The average molecular weight is 429 g/mol. The van der Waals surface area contributed by atoms with E-state index in [1.807, 2.05) is 35.2 Å². The minimum absolute atomic E-state index is 0.0847. The normalized spacial score (nSPS) is 19.0. The highest BCUT2D eigenvalue weighted by molar-refractivity contribution is 6.32. The molecule has 0 spiro atoms. The number of likely N-dealkylation sites (N-methyl/N-ethyl adjacent to an activating group) is 1. The van der Waals surface area contributed by atoms with Crippen molar-refractivity contribution < 1.29 is 9.53 Å². The van der Waals surface area contributed by atoms with Gasteiger partial charge >= 0.3 is 0 Å². The fourth-order valence-electron chi connectivity index (χ4n) is 4.53. The van der Waals surface area contributed by atoms with Gasteiger partial charge < -0.3 is 14.5 Å². The quantitative estimate of drug-likeness (QED) is 0.565. The number of hydrogen-bond acceptors (Lipinski definition) is 3. The van der Waals surface area contributed by atoms with Crippen LogP contribution in [-0.4, -0.2) is 44.1 Å². The minimum Gasteiger partial charge on any atom is -0.497 e. The van der Waals surface area contributed by atoms with Gasteiger partial charge in [-0.15, -0.1) is 0 Å². The van der Waals surface area contributed by atoms with E-state index in [0.29, 0.717) is 6.54 Å². The van der Waals surface area contributed by atoms with E-state index in [2.05, 4.69) is 37.8 Å². The largest absolute Gasteiger partial charge is 0.497 e. The van der Waals surface area contributed by atoms with Gasteiger partial charge in [0, 0.05) is 29.7 Å². The number of rotatable bonds is 8. The van der Waals surface area contributed by atoms with E-state index in [4.69, 9.17) is 16.3 Å². The fraction of sp³-hybridized carbons (Fsp3) is 0.480. The molecule has 0 unspecified atom stereocenters. The Hall–Kier alpha value is -2.04. The Kier molecular flexibility index (Phi) is 7.79. The predicted octanol–water partition coefficient (Wildman–Crippen LogP) is 5.39. The van der Waals surface area contributed by atoms with Crippen LogP contribution in [0.5, 0.6) is 5.75 Å². The van der Waals surface area contributed by atoms with Gasteiger partial charge in [-0.2, -0.15) is 0 Å². The van der Waals surface area contributed by atoms with Gasteiger partial charge in [-0.25, -0.2) is 0 Å². The smallest absolute Gasteiger partial charge is 0.230 e. The molecule has 1 aliphatic rings. The SMILES string of the molecule is CC[C@H]1C(=O)N(CCN(CC)CC)c2cccc(Cl)c2C[C@H]1c1ccc(OC)cc1. The standard InChI is InChI=1S/C25H33ClN2O2/c1-5-20-21(18-11-13-19(30-4)14-12-18)17-22-23(26)9-8-10-24(22)28(25(20)29)16-15-27(6-2)7-3/h8-14,20-21H,5-7,15-17H2,1-4H3/t20-,21+/m1/s1. The molecule has 1 amide bonds. The lowest BCUT2D eigenvalue weighted by Crippen LogP contribution is -2.42. The highest BCUT2D eigenvalue weighted by Gasteiger charge is 2.37. The third kappa shape index (κ3) is 4.65. The van der Waals surface area contributed by atoms with Crippen LogP contribution in [-0.2, 0) is 11.2 Å². The van der Waals surface area contributed by atoms with Crippen LogP contribution in [0.1, 0.15) is 44.2 Å². The molecule has 2 aromatic rings. The van der Waals surface area contributed by atoms with Crippen LogP contribution in [0.4, 0.5) is 5.69 Å². The summed E-state index contributed by atoms with van der Waals surface area (Å²) in [5.74, 6) is 1.03. The molecule has 3 rings (SSSR count). The van der Waals surface area contributed by atoms with Gasteiger partial charge in [-0.1, -0.05) is 50.6 Å². The van der Waals surface area contributed by atoms with Crippen LogP contribution in [0.15, 0.2) is 42.5 Å². The number of fused-ring (bicyclic) bond motifs is 1. The molecule has 0 radical (unpaired) electrons.